The van der Waals surface area contributed by atoms with Gasteiger partial charge in [0.1, 0.15) is 11.3 Å². The van der Waals surface area contributed by atoms with Crippen LogP contribution in [-0.2, 0) is 0 Å². The molecule has 0 aliphatic heterocycles. The van der Waals surface area contributed by atoms with Crippen LogP contribution >= 0.6 is 0 Å². The van der Waals surface area contributed by atoms with Gasteiger partial charge in [-0.2, -0.15) is 0 Å². The number of furan rings is 1. The van der Waals surface area contributed by atoms with E-state index in [1.807, 2.05) is 0 Å². The number of nitrogens with one attached hydrogen (secondary N) is 1. The van der Waals surface area contributed by atoms with E-state index in [1.54, 1.807) is 13.0 Å². The van der Waals surface area contributed by atoms with E-state index >= 15 is 0 Å². The Bertz CT molecular complexity index is 528. The van der Waals surface area contributed by atoms with Crippen molar-refractivity contribution in [1.82, 2.24) is 5.32 Å². The first kappa shape index (κ1) is 15.4. The molecule has 1 fully saturated rings. The number of hydrogen-bond donors (Lipinski definition) is 3. The highest BCUT2D eigenvalue weighted by atomic mass is 16.4. The highest BCUT2D eigenvalue weighted by Gasteiger charge is 2.40. The topological polar surface area (TPSA) is 101 Å². The molecule has 21 heavy (non-hydrogen) atoms. The van der Waals surface area contributed by atoms with Crippen LogP contribution in [0.2, 0.25) is 0 Å². The molecule has 1 aliphatic rings. The molecule has 2 rings (SSSR count). The van der Waals surface area contributed by atoms with Crippen LogP contribution in [-0.4, -0.2) is 22.5 Å². The number of amidine groups is 1. The van der Waals surface area contributed by atoms with E-state index < -0.39 is 5.54 Å². The van der Waals surface area contributed by atoms with E-state index in [-0.39, 0.29) is 11.7 Å². The number of oxime groups is 1. The van der Waals surface area contributed by atoms with E-state index in [2.05, 4.69) is 17.4 Å². The van der Waals surface area contributed by atoms with Crippen molar-refractivity contribution in [2.75, 3.05) is 0 Å². The van der Waals surface area contributed by atoms with Crippen molar-refractivity contribution in [3.05, 3.63) is 23.7 Å². The minimum atomic E-state index is -0.763. The van der Waals surface area contributed by atoms with Gasteiger partial charge in [-0.05, 0) is 44.6 Å². The van der Waals surface area contributed by atoms with Gasteiger partial charge in [0, 0.05) is 0 Å². The van der Waals surface area contributed by atoms with Crippen molar-refractivity contribution in [3.63, 3.8) is 0 Å². The Kier molecular flexibility index (Phi) is 4.55. The van der Waals surface area contributed by atoms with Crippen molar-refractivity contribution in [3.8, 4) is 0 Å². The fourth-order valence-corrected chi connectivity index (χ4v) is 3.02. The molecule has 0 radical (unpaired) electrons. The van der Waals surface area contributed by atoms with E-state index in [9.17, 15) is 4.79 Å². The Hall–Kier alpha value is -1.98. The highest BCUT2D eigenvalue weighted by molar-refractivity contribution is 6.00. The number of carbonyl (C=O) groups excluding carboxylic acids is 1. The molecule has 0 bridgehead atoms. The van der Waals surface area contributed by atoms with Crippen LogP contribution in [0.4, 0.5) is 0 Å². The van der Waals surface area contributed by atoms with Gasteiger partial charge in [0.2, 0.25) is 0 Å². The maximum atomic E-state index is 12.4. The smallest absolute Gasteiger partial charge is 0.255 e. The lowest BCUT2D eigenvalue weighted by atomic mass is 9.74. The standard InChI is InChI=1S/C15H23N3O3/c1-3-11-4-7-15(8-5-11,14(16)18-20)17-13(19)12-6-9-21-10(12)2/h6,9,11,20H,3-5,7-8H2,1-2H3,(H2,16,18)(H,17,19). The second kappa shape index (κ2) is 6.20. The van der Waals surface area contributed by atoms with E-state index in [0.717, 1.165) is 19.3 Å². The third kappa shape index (κ3) is 3.04. The molecule has 0 saturated heterocycles. The van der Waals surface area contributed by atoms with Crippen molar-refractivity contribution < 1.29 is 14.4 Å². The lowest BCUT2D eigenvalue weighted by molar-refractivity contribution is 0.0893. The number of nitrogens with two attached hydrogens (primary N) is 1. The monoisotopic (exact) mass is 293 g/mol. The zero-order valence-corrected chi connectivity index (χ0v) is 12.6. The minimum absolute atomic E-state index is 0.0755. The fourth-order valence-electron chi connectivity index (χ4n) is 3.02. The normalized spacial score (nSPS) is 26.6. The van der Waals surface area contributed by atoms with Crippen LogP contribution in [0.3, 0.4) is 0 Å². The Labute approximate surface area is 124 Å². The molecule has 1 aliphatic carbocycles. The van der Waals surface area contributed by atoms with E-state index in [1.165, 1.54) is 6.26 Å². The van der Waals surface area contributed by atoms with Crippen molar-refractivity contribution >= 4 is 11.7 Å². The average molecular weight is 293 g/mol. The lowest BCUT2D eigenvalue weighted by Gasteiger charge is -2.39. The second-order valence-electron chi connectivity index (χ2n) is 5.76. The summed E-state index contributed by atoms with van der Waals surface area (Å²) < 4.78 is 5.16. The molecule has 0 aromatic carbocycles. The first-order valence-corrected chi connectivity index (χ1v) is 7.37. The molecule has 6 heteroatoms. The number of nitrogens with zero attached hydrogens (tertiary/aromatic N) is 1. The number of aryl methyl sites for hydroxylation is 1. The average Bonchev–Trinajstić information content (AvgIpc) is 2.93. The number of amides is 1. The summed E-state index contributed by atoms with van der Waals surface area (Å²) in [5.74, 6) is 1.02. The van der Waals surface area contributed by atoms with Gasteiger partial charge in [-0.25, -0.2) is 0 Å². The fraction of sp³-hybridized carbons (Fsp3) is 0.600. The summed E-state index contributed by atoms with van der Waals surface area (Å²) in [7, 11) is 0. The lowest BCUT2D eigenvalue weighted by Crippen LogP contribution is -2.59. The number of carbonyl (C=O) groups is 1. The van der Waals surface area contributed by atoms with Crippen LogP contribution in [0.1, 0.15) is 55.1 Å². The zero-order valence-electron chi connectivity index (χ0n) is 12.6. The first-order chi connectivity index (χ1) is 10.0. The SMILES string of the molecule is CCC1CCC(NC(=O)c2ccoc2C)(/C(N)=N/O)CC1. The van der Waals surface area contributed by atoms with Gasteiger partial charge in [-0.15, -0.1) is 0 Å². The number of hydrogen-bond acceptors (Lipinski definition) is 4. The van der Waals surface area contributed by atoms with Gasteiger partial charge in [-0.3, -0.25) is 4.79 Å². The van der Waals surface area contributed by atoms with Crippen molar-refractivity contribution in [2.24, 2.45) is 16.8 Å². The molecule has 4 N–H and O–H groups in total. The van der Waals surface area contributed by atoms with Gasteiger partial charge in [0.25, 0.3) is 5.91 Å². The van der Waals surface area contributed by atoms with Crippen molar-refractivity contribution in [1.29, 1.82) is 0 Å². The Morgan fingerprint density at radius 2 is 2.24 bits per heavy atom. The molecule has 116 valence electrons. The van der Waals surface area contributed by atoms with Crippen LogP contribution in [0.15, 0.2) is 21.9 Å². The Balaban J connectivity index is 2.18. The van der Waals surface area contributed by atoms with E-state index in [4.69, 9.17) is 15.4 Å². The van der Waals surface area contributed by atoms with Gasteiger partial charge in [-0.1, -0.05) is 18.5 Å². The molecular weight excluding hydrogens is 270 g/mol. The molecule has 0 unspecified atom stereocenters. The summed E-state index contributed by atoms with van der Waals surface area (Å²) in [5.41, 5.74) is 5.59. The van der Waals surface area contributed by atoms with Gasteiger partial charge >= 0.3 is 0 Å². The molecule has 1 amide bonds. The van der Waals surface area contributed by atoms with Crippen LogP contribution in [0.5, 0.6) is 0 Å². The van der Waals surface area contributed by atoms with Gasteiger partial charge in [0.05, 0.1) is 11.8 Å². The third-order valence-electron chi connectivity index (χ3n) is 4.59. The maximum absolute atomic E-state index is 12.4. The predicted octanol–water partition coefficient (Wildman–Crippen LogP) is 2.40. The molecule has 1 aromatic rings. The van der Waals surface area contributed by atoms with E-state index in [0.29, 0.717) is 30.1 Å². The minimum Gasteiger partial charge on any atom is -0.469 e. The summed E-state index contributed by atoms with van der Waals surface area (Å²) in [6.45, 7) is 3.90. The third-order valence-corrected chi connectivity index (χ3v) is 4.59. The molecule has 0 atom stereocenters. The largest absolute Gasteiger partial charge is 0.469 e. The van der Waals surface area contributed by atoms with Gasteiger partial charge < -0.3 is 20.7 Å². The predicted molar refractivity (Wildman–Crippen MR) is 79.3 cm³/mol. The summed E-state index contributed by atoms with van der Waals surface area (Å²) in [4.78, 5) is 12.4. The first-order valence-electron chi connectivity index (χ1n) is 7.37. The zero-order chi connectivity index (χ0) is 15.5. The molecular formula is C15H23N3O3. The Morgan fingerprint density at radius 1 is 1.57 bits per heavy atom. The quantitative estimate of drug-likeness (QED) is 0.343. The summed E-state index contributed by atoms with van der Waals surface area (Å²) in [6.07, 6.45) is 5.87. The summed E-state index contributed by atoms with van der Waals surface area (Å²) >= 11 is 0. The molecule has 6 nitrogen and oxygen atoms in total. The molecule has 1 saturated carbocycles. The maximum Gasteiger partial charge on any atom is 0.255 e. The molecule has 0 spiro atoms. The van der Waals surface area contributed by atoms with Crippen LogP contribution in [0.25, 0.3) is 0 Å². The highest BCUT2D eigenvalue weighted by Crippen LogP contribution is 2.34. The van der Waals surface area contributed by atoms with Crippen molar-refractivity contribution in [2.45, 2.75) is 51.5 Å². The molecule has 1 aromatic heterocycles. The van der Waals surface area contributed by atoms with Crippen LogP contribution < -0.4 is 11.1 Å². The Morgan fingerprint density at radius 3 is 2.71 bits per heavy atom. The van der Waals surface area contributed by atoms with Gasteiger partial charge in [0.15, 0.2) is 5.84 Å². The molecule has 1 heterocycles. The summed E-state index contributed by atoms with van der Waals surface area (Å²) in [5, 5.41) is 15.2. The van der Waals surface area contributed by atoms with Crippen LogP contribution in [0, 0.1) is 12.8 Å². The summed E-state index contributed by atoms with van der Waals surface area (Å²) in [6, 6.07) is 1.63. The second-order valence-corrected chi connectivity index (χ2v) is 5.76. The number of rotatable bonds is 4.